The molecule has 0 aliphatic carbocycles. The van der Waals surface area contributed by atoms with Crippen LogP contribution in [0.5, 0.6) is 0 Å². The molecule has 1 rings (SSSR count). The maximum atomic E-state index is 12.0. The molecule has 0 aromatic carbocycles. The molecular formula is C10H14F3NO. The molecule has 0 bridgehead atoms. The quantitative estimate of drug-likeness (QED) is 0.850. The minimum Gasteiger partial charge on any atom is -0.466 e. The molecule has 1 heterocycles. The third-order valence-electron chi connectivity index (χ3n) is 2.22. The highest BCUT2D eigenvalue weighted by Gasteiger charge is 2.28. The molecule has 5 heteroatoms. The lowest BCUT2D eigenvalue weighted by Gasteiger charge is -2.12. The molecule has 2 N–H and O–H groups in total. The lowest BCUT2D eigenvalue weighted by atomic mass is 10.0. The van der Waals surface area contributed by atoms with Crippen LogP contribution in [0.3, 0.4) is 0 Å². The fraction of sp³-hybridized carbons (Fsp3) is 0.600. The number of aryl methyl sites for hydroxylation is 2. The summed E-state index contributed by atoms with van der Waals surface area (Å²) >= 11 is 0. The average Bonchev–Trinajstić information content (AvgIpc) is 2.40. The molecule has 0 spiro atoms. The van der Waals surface area contributed by atoms with Crippen molar-refractivity contribution < 1.29 is 17.6 Å². The summed E-state index contributed by atoms with van der Waals surface area (Å²) in [4.78, 5) is 0. The van der Waals surface area contributed by atoms with Gasteiger partial charge in [-0.3, -0.25) is 0 Å². The van der Waals surface area contributed by atoms with Crippen LogP contribution in [0.1, 0.15) is 36.0 Å². The molecule has 1 aromatic heterocycles. The second kappa shape index (κ2) is 4.26. The molecule has 2 nitrogen and oxygen atoms in total. The van der Waals surface area contributed by atoms with E-state index in [0.29, 0.717) is 17.1 Å². The molecular weight excluding hydrogens is 207 g/mol. The van der Waals surface area contributed by atoms with Gasteiger partial charge in [0.15, 0.2) is 0 Å². The molecule has 1 unspecified atom stereocenters. The Hall–Kier alpha value is -0.970. The van der Waals surface area contributed by atoms with E-state index in [1.165, 1.54) is 0 Å². The van der Waals surface area contributed by atoms with Crippen LogP contribution < -0.4 is 5.73 Å². The molecule has 1 aromatic rings. The van der Waals surface area contributed by atoms with Gasteiger partial charge in [0.1, 0.15) is 11.5 Å². The minimum absolute atomic E-state index is 0.108. The van der Waals surface area contributed by atoms with Crippen LogP contribution in [-0.4, -0.2) is 6.18 Å². The first-order valence-electron chi connectivity index (χ1n) is 4.69. The first kappa shape index (κ1) is 12.1. The Labute approximate surface area is 86.3 Å². The Kier molecular flexibility index (Phi) is 3.44. The van der Waals surface area contributed by atoms with E-state index in [1.807, 2.05) is 0 Å². The van der Waals surface area contributed by atoms with E-state index in [-0.39, 0.29) is 6.42 Å². The van der Waals surface area contributed by atoms with Gasteiger partial charge in [-0.25, -0.2) is 0 Å². The van der Waals surface area contributed by atoms with Gasteiger partial charge in [0.2, 0.25) is 0 Å². The SMILES string of the molecule is Cc1cc(C(N)CCC(F)(F)F)c(C)o1. The van der Waals surface area contributed by atoms with Gasteiger partial charge in [-0.1, -0.05) is 0 Å². The highest BCUT2D eigenvalue weighted by molar-refractivity contribution is 5.23. The summed E-state index contributed by atoms with van der Waals surface area (Å²) in [7, 11) is 0. The zero-order chi connectivity index (χ0) is 11.6. The lowest BCUT2D eigenvalue weighted by molar-refractivity contribution is -0.136. The summed E-state index contributed by atoms with van der Waals surface area (Å²) in [6.07, 6.45) is -5.12. The third kappa shape index (κ3) is 3.58. The molecule has 0 aliphatic rings. The van der Waals surface area contributed by atoms with Crippen molar-refractivity contribution in [3.05, 3.63) is 23.2 Å². The summed E-state index contributed by atoms with van der Waals surface area (Å²) in [6, 6.07) is 1.08. The van der Waals surface area contributed by atoms with Gasteiger partial charge in [-0.15, -0.1) is 0 Å². The molecule has 0 fully saturated rings. The van der Waals surface area contributed by atoms with Crippen LogP contribution in [0.4, 0.5) is 13.2 Å². The zero-order valence-electron chi connectivity index (χ0n) is 8.69. The van der Waals surface area contributed by atoms with Gasteiger partial charge in [-0.05, 0) is 26.3 Å². The molecule has 0 amide bonds. The number of halogens is 3. The van der Waals surface area contributed by atoms with Gasteiger partial charge >= 0.3 is 6.18 Å². The van der Waals surface area contributed by atoms with Crippen molar-refractivity contribution in [3.63, 3.8) is 0 Å². The van der Waals surface area contributed by atoms with Crippen LogP contribution in [0.2, 0.25) is 0 Å². The monoisotopic (exact) mass is 221 g/mol. The van der Waals surface area contributed by atoms with Crippen molar-refractivity contribution in [3.8, 4) is 0 Å². The van der Waals surface area contributed by atoms with E-state index in [9.17, 15) is 13.2 Å². The average molecular weight is 221 g/mol. The predicted molar refractivity (Wildman–Crippen MR) is 50.4 cm³/mol. The van der Waals surface area contributed by atoms with Crippen LogP contribution in [0.15, 0.2) is 10.5 Å². The van der Waals surface area contributed by atoms with E-state index in [0.717, 1.165) is 0 Å². The Bertz CT molecular complexity index is 330. The predicted octanol–water partition coefficient (Wildman–Crippen LogP) is 3.24. The van der Waals surface area contributed by atoms with Gasteiger partial charge in [0.25, 0.3) is 0 Å². The van der Waals surface area contributed by atoms with E-state index in [2.05, 4.69) is 0 Å². The van der Waals surface area contributed by atoms with Gasteiger partial charge in [-0.2, -0.15) is 13.2 Å². The number of hydrogen-bond acceptors (Lipinski definition) is 2. The summed E-state index contributed by atoms with van der Waals surface area (Å²) in [5.41, 5.74) is 6.32. The molecule has 0 radical (unpaired) electrons. The summed E-state index contributed by atoms with van der Waals surface area (Å²) in [6.45, 7) is 3.45. The Morgan fingerprint density at radius 1 is 1.40 bits per heavy atom. The highest BCUT2D eigenvalue weighted by atomic mass is 19.4. The van der Waals surface area contributed by atoms with Crippen LogP contribution >= 0.6 is 0 Å². The maximum Gasteiger partial charge on any atom is 0.389 e. The second-order valence-electron chi connectivity index (χ2n) is 3.63. The van der Waals surface area contributed by atoms with Gasteiger partial charge < -0.3 is 10.2 Å². The smallest absolute Gasteiger partial charge is 0.389 e. The summed E-state index contributed by atoms with van der Waals surface area (Å²) in [5, 5.41) is 0. The van der Waals surface area contributed by atoms with Gasteiger partial charge in [0.05, 0.1) is 0 Å². The van der Waals surface area contributed by atoms with Crippen molar-refractivity contribution in [2.75, 3.05) is 0 Å². The number of furan rings is 1. The Morgan fingerprint density at radius 3 is 2.40 bits per heavy atom. The largest absolute Gasteiger partial charge is 0.466 e. The van der Waals surface area contributed by atoms with E-state index in [4.69, 9.17) is 10.2 Å². The van der Waals surface area contributed by atoms with E-state index >= 15 is 0 Å². The van der Waals surface area contributed by atoms with Crippen LogP contribution in [-0.2, 0) is 0 Å². The second-order valence-corrected chi connectivity index (χ2v) is 3.63. The lowest BCUT2D eigenvalue weighted by Crippen LogP contribution is -2.15. The fourth-order valence-corrected chi connectivity index (χ4v) is 1.49. The zero-order valence-corrected chi connectivity index (χ0v) is 8.69. The van der Waals surface area contributed by atoms with E-state index < -0.39 is 18.6 Å². The minimum atomic E-state index is -4.15. The molecule has 15 heavy (non-hydrogen) atoms. The number of alkyl halides is 3. The summed E-state index contributed by atoms with van der Waals surface area (Å²) in [5.74, 6) is 1.27. The van der Waals surface area contributed by atoms with Gasteiger partial charge in [0, 0.05) is 18.0 Å². The first-order valence-corrected chi connectivity index (χ1v) is 4.69. The van der Waals surface area contributed by atoms with Crippen LogP contribution in [0.25, 0.3) is 0 Å². The molecule has 0 saturated carbocycles. The number of rotatable bonds is 3. The standard InChI is InChI=1S/C10H14F3NO/c1-6-5-8(7(2)15-6)9(14)3-4-10(11,12)13/h5,9H,3-4,14H2,1-2H3. The number of hydrogen-bond donors (Lipinski definition) is 1. The molecule has 0 aliphatic heterocycles. The third-order valence-corrected chi connectivity index (χ3v) is 2.22. The Morgan fingerprint density at radius 2 is 2.00 bits per heavy atom. The highest BCUT2D eigenvalue weighted by Crippen LogP contribution is 2.28. The first-order chi connectivity index (χ1) is 6.79. The Balaban J connectivity index is 2.61. The number of nitrogens with two attached hydrogens (primary N) is 1. The van der Waals surface area contributed by atoms with Crippen molar-refractivity contribution in [2.24, 2.45) is 5.73 Å². The topological polar surface area (TPSA) is 39.2 Å². The fourth-order valence-electron chi connectivity index (χ4n) is 1.49. The maximum absolute atomic E-state index is 12.0. The molecule has 1 atom stereocenters. The molecule has 86 valence electrons. The van der Waals surface area contributed by atoms with Crippen molar-refractivity contribution in [1.82, 2.24) is 0 Å². The normalized spacial score (nSPS) is 14.3. The van der Waals surface area contributed by atoms with Crippen molar-refractivity contribution in [1.29, 1.82) is 0 Å². The van der Waals surface area contributed by atoms with Crippen molar-refractivity contribution in [2.45, 2.75) is 38.9 Å². The van der Waals surface area contributed by atoms with Crippen LogP contribution in [0, 0.1) is 13.8 Å². The van der Waals surface area contributed by atoms with E-state index in [1.54, 1.807) is 19.9 Å². The molecule has 0 saturated heterocycles. The summed E-state index contributed by atoms with van der Waals surface area (Å²) < 4.78 is 41.1. The van der Waals surface area contributed by atoms with Crippen molar-refractivity contribution >= 4 is 0 Å².